The van der Waals surface area contributed by atoms with Crippen LogP contribution in [0.4, 0.5) is 0 Å². The van der Waals surface area contributed by atoms with Crippen molar-refractivity contribution in [1.82, 2.24) is 0 Å². The molecule has 0 amide bonds. The fourth-order valence-corrected chi connectivity index (χ4v) is 0.524. The van der Waals surface area contributed by atoms with Crippen molar-refractivity contribution in [2.24, 2.45) is 0 Å². The lowest BCUT2D eigenvalue weighted by atomic mass is 10.4. The summed E-state index contributed by atoms with van der Waals surface area (Å²) >= 11 is -1.76. The van der Waals surface area contributed by atoms with Gasteiger partial charge in [-0.3, -0.25) is 0 Å². The summed E-state index contributed by atoms with van der Waals surface area (Å²) in [7, 11) is 0. The van der Waals surface area contributed by atoms with Gasteiger partial charge >= 0.3 is 0 Å². The summed E-state index contributed by atoms with van der Waals surface area (Å²) in [6.45, 7) is 6.66. The Labute approximate surface area is 45.5 Å². The van der Waals surface area contributed by atoms with Gasteiger partial charge in [0.25, 0.3) is 0 Å². The Morgan fingerprint density at radius 2 is 2.43 bits per heavy atom. The monoisotopic (exact) mass is 119 g/mol. The molecule has 1 unspecified atom stereocenters. The lowest BCUT2D eigenvalue weighted by molar-refractivity contribution is 0.567. The second kappa shape index (κ2) is 2.82. The van der Waals surface area contributed by atoms with E-state index in [1.165, 1.54) is 0 Å². The predicted molar refractivity (Wildman–Crippen MR) is 30.1 cm³/mol. The zero-order chi connectivity index (χ0) is 5.86. The summed E-state index contributed by atoms with van der Waals surface area (Å²) in [5.41, 5.74) is 0.487. The van der Waals surface area contributed by atoms with E-state index in [-0.39, 0.29) is 5.75 Å². The van der Waals surface area contributed by atoms with Crippen LogP contribution < -0.4 is 0 Å². The summed E-state index contributed by atoms with van der Waals surface area (Å²) in [4.78, 5) is 0. The molecule has 0 fully saturated rings. The maximum atomic E-state index is 9.82. The van der Waals surface area contributed by atoms with E-state index in [1.807, 2.05) is 0 Å². The van der Waals surface area contributed by atoms with Gasteiger partial charge in [-0.05, 0) is 0 Å². The second-order valence-electron chi connectivity index (χ2n) is 1.22. The Hall–Kier alpha value is -0.280. The van der Waals surface area contributed by atoms with Gasteiger partial charge in [0.2, 0.25) is 0 Å². The summed E-state index contributed by atoms with van der Waals surface area (Å²) < 4.78 is 17.9. The van der Waals surface area contributed by atoms with E-state index in [2.05, 4.69) is 13.5 Å². The molecule has 0 rings (SSSR count). The quantitative estimate of drug-likeness (QED) is 0.427. The Morgan fingerprint density at radius 3 is 2.43 bits per heavy atom. The van der Waals surface area contributed by atoms with Crippen LogP contribution in [-0.4, -0.2) is 14.5 Å². The first kappa shape index (κ1) is 6.72. The van der Waals surface area contributed by atoms with Crippen LogP contribution in [0.25, 0.3) is 0 Å². The summed E-state index contributed by atoms with van der Waals surface area (Å²) in [5.74, 6) is 0.0833. The van der Waals surface area contributed by atoms with Gasteiger partial charge in [-0.2, -0.15) is 0 Å². The van der Waals surface area contributed by atoms with E-state index in [0.717, 1.165) is 0 Å². The van der Waals surface area contributed by atoms with Crippen molar-refractivity contribution in [2.75, 3.05) is 5.75 Å². The molecule has 0 radical (unpaired) electrons. The van der Waals surface area contributed by atoms with Crippen LogP contribution >= 0.6 is 0 Å². The van der Waals surface area contributed by atoms with Gasteiger partial charge in [-0.15, -0.1) is 0 Å². The number of hydrogen-bond donors (Lipinski definition) is 1. The molecule has 0 aromatic rings. The molecule has 0 saturated heterocycles. The first-order valence-electron chi connectivity index (χ1n) is 1.70. The minimum atomic E-state index is -1.76. The zero-order valence-corrected chi connectivity index (χ0v) is 4.70. The Kier molecular flexibility index (Phi) is 2.71. The minimum Gasteiger partial charge on any atom is -0.306 e. The molecule has 0 spiro atoms. The molecule has 0 aliphatic heterocycles. The molecule has 2 nitrogen and oxygen atoms in total. The van der Waals surface area contributed by atoms with Crippen molar-refractivity contribution in [3.63, 3.8) is 0 Å². The van der Waals surface area contributed by atoms with Crippen molar-refractivity contribution in [2.45, 2.75) is 0 Å². The lowest BCUT2D eigenvalue weighted by Crippen LogP contribution is -1.93. The molecular formula is C4H7O2S+. The normalized spacial score (nSPS) is 13.3. The van der Waals surface area contributed by atoms with Crippen molar-refractivity contribution >= 4 is 11.1 Å². The van der Waals surface area contributed by atoms with E-state index in [0.29, 0.717) is 5.57 Å². The van der Waals surface area contributed by atoms with Gasteiger partial charge in [-0.1, -0.05) is 0 Å². The van der Waals surface area contributed by atoms with Gasteiger partial charge in [0.1, 0.15) is 11.3 Å². The second-order valence-corrected chi connectivity index (χ2v) is 2.15. The van der Waals surface area contributed by atoms with E-state index in [4.69, 9.17) is 4.55 Å². The van der Waals surface area contributed by atoms with Crippen LogP contribution in [0.5, 0.6) is 0 Å². The van der Waals surface area contributed by atoms with Crippen molar-refractivity contribution in [3.8, 4) is 0 Å². The molecule has 0 bridgehead atoms. The molecule has 7 heavy (non-hydrogen) atoms. The zero-order valence-electron chi connectivity index (χ0n) is 3.89. The molecule has 0 aliphatic carbocycles. The average molecular weight is 119 g/mol. The smallest absolute Gasteiger partial charge is 0.161 e. The Balaban J connectivity index is 3.32. The third-order valence-electron chi connectivity index (χ3n) is 0.328. The lowest BCUT2D eigenvalue weighted by Gasteiger charge is -1.81. The molecule has 0 saturated carbocycles. The van der Waals surface area contributed by atoms with Gasteiger partial charge in [0.05, 0.1) is 0 Å². The maximum absolute atomic E-state index is 9.82. The SMILES string of the molecule is C=C([CH2+])CS(=O)O. The highest BCUT2D eigenvalue weighted by Crippen LogP contribution is 1.86. The summed E-state index contributed by atoms with van der Waals surface area (Å²) in [5, 5.41) is 0. The molecule has 1 N–H and O–H groups in total. The first-order chi connectivity index (χ1) is 3.13. The summed E-state index contributed by atoms with van der Waals surface area (Å²) in [6.07, 6.45) is 0. The van der Waals surface area contributed by atoms with Crippen LogP contribution in [-0.2, 0) is 11.1 Å². The topological polar surface area (TPSA) is 37.3 Å². The highest BCUT2D eigenvalue weighted by molar-refractivity contribution is 7.79. The first-order valence-corrected chi connectivity index (χ1v) is 2.97. The molecule has 40 valence electrons. The molecule has 0 aromatic carbocycles. The van der Waals surface area contributed by atoms with Gasteiger partial charge < -0.3 is 4.55 Å². The Bertz CT molecular complexity index is 85.9. The molecule has 0 heterocycles. The molecule has 1 atom stereocenters. The van der Waals surface area contributed by atoms with Crippen LogP contribution in [0, 0.1) is 6.92 Å². The molecule has 3 heteroatoms. The van der Waals surface area contributed by atoms with Crippen LogP contribution in [0.15, 0.2) is 12.2 Å². The third kappa shape index (κ3) is 5.72. The average Bonchev–Trinajstić information content (AvgIpc) is 1.27. The van der Waals surface area contributed by atoms with Crippen molar-refractivity contribution < 1.29 is 8.76 Å². The van der Waals surface area contributed by atoms with Crippen LogP contribution in [0.1, 0.15) is 0 Å². The van der Waals surface area contributed by atoms with Gasteiger partial charge in [0, 0.05) is 13.5 Å². The van der Waals surface area contributed by atoms with Crippen LogP contribution in [0.3, 0.4) is 0 Å². The fourth-order valence-electron chi connectivity index (χ4n) is 0.175. The van der Waals surface area contributed by atoms with Crippen LogP contribution in [0.2, 0.25) is 0 Å². The summed E-state index contributed by atoms with van der Waals surface area (Å²) in [6, 6.07) is 0. The van der Waals surface area contributed by atoms with E-state index < -0.39 is 11.1 Å². The molecular weight excluding hydrogens is 112 g/mol. The molecule has 0 aliphatic rings. The molecule has 0 aromatic heterocycles. The van der Waals surface area contributed by atoms with E-state index in [9.17, 15) is 4.21 Å². The fraction of sp³-hybridized carbons (Fsp3) is 0.250. The number of hydrogen-bond acceptors (Lipinski definition) is 1. The Morgan fingerprint density at radius 1 is 2.00 bits per heavy atom. The van der Waals surface area contributed by atoms with Crippen molar-refractivity contribution in [3.05, 3.63) is 19.1 Å². The predicted octanol–water partition coefficient (Wildman–Crippen LogP) is 0.598. The van der Waals surface area contributed by atoms with E-state index >= 15 is 0 Å². The minimum absolute atomic E-state index is 0.0833. The van der Waals surface area contributed by atoms with Gasteiger partial charge in [-0.25, -0.2) is 4.21 Å². The standard InChI is InChI=1S/C4H6O2S/c1-4(2)3-7(5)6/h1-3H2/p+1. The highest BCUT2D eigenvalue weighted by atomic mass is 32.2. The highest BCUT2D eigenvalue weighted by Gasteiger charge is 1.95. The largest absolute Gasteiger partial charge is 0.306 e. The van der Waals surface area contributed by atoms with Gasteiger partial charge in [0.15, 0.2) is 11.1 Å². The van der Waals surface area contributed by atoms with Crippen molar-refractivity contribution in [1.29, 1.82) is 0 Å². The van der Waals surface area contributed by atoms with E-state index in [1.54, 1.807) is 0 Å². The maximum Gasteiger partial charge on any atom is 0.161 e. The number of rotatable bonds is 2. The third-order valence-corrected chi connectivity index (χ3v) is 0.983.